The van der Waals surface area contributed by atoms with Crippen molar-refractivity contribution in [2.75, 3.05) is 4.90 Å². The van der Waals surface area contributed by atoms with Crippen LogP contribution in [0.2, 0.25) is 5.02 Å². The number of hydrogen-bond donors (Lipinski definition) is 1. The molecule has 8 heteroatoms. The molecule has 4 aliphatic rings. The highest BCUT2D eigenvalue weighted by Crippen LogP contribution is 2.56. The zero-order chi connectivity index (χ0) is 26.2. The Labute approximate surface area is 231 Å². The number of fused-ring (bicyclic) bond motifs is 3. The van der Waals surface area contributed by atoms with E-state index in [-0.39, 0.29) is 35.6 Å². The monoisotopic (exact) mass is 625 g/mol. The van der Waals surface area contributed by atoms with E-state index in [1.807, 2.05) is 18.2 Å². The minimum Gasteiger partial charge on any atom is -0.508 e. The molecule has 37 heavy (non-hydrogen) atoms. The van der Waals surface area contributed by atoms with Crippen LogP contribution in [0.4, 0.5) is 5.69 Å². The fraction of sp³-hybridized carbons (Fsp3) is 0.241. The molecule has 0 radical (unpaired) electrons. The first-order valence-corrected chi connectivity index (χ1v) is 13.4. The van der Waals surface area contributed by atoms with Crippen molar-refractivity contribution in [3.8, 4) is 5.75 Å². The van der Waals surface area contributed by atoms with E-state index in [1.165, 1.54) is 17.0 Å². The molecule has 1 N–H and O–H groups in total. The number of amides is 2. The van der Waals surface area contributed by atoms with Gasteiger partial charge >= 0.3 is 0 Å². The van der Waals surface area contributed by atoms with E-state index in [4.69, 9.17) is 11.6 Å². The van der Waals surface area contributed by atoms with Crippen molar-refractivity contribution in [2.45, 2.75) is 25.7 Å². The third-order valence-corrected chi connectivity index (χ3v) is 8.90. The molecule has 0 spiro atoms. The topological polar surface area (TPSA) is 91.8 Å². The van der Waals surface area contributed by atoms with Crippen LogP contribution in [0.1, 0.15) is 31.2 Å². The molecule has 1 heterocycles. The summed E-state index contributed by atoms with van der Waals surface area (Å²) < 4.78 is 0.988. The minimum atomic E-state index is -0.733. The maximum absolute atomic E-state index is 13.8. The second kappa shape index (κ2) is 8.77. The Morgan fingerprint density at radius 3 is 2.46 bits per heavy atom. The van der Waals surface area contributed by atoms with Gasteiger partial charge in [0.25, 0.3) is 0 Å². The molecule has 2 aromatic rings. The zero-order valence-corrected chi connectivity index (χ0v) is 22.6. The normalized spacial score (nSPS) is 27.1. The quantitative estimate of drug-likeness (QED) is 0.212. The average Bonchev–Trinajstić information content (AvgIpc) is 3.13. The number of benzene rings is 2. The molecule has 4 atom stereocenters. The van der Waals surface area contributed by atoms with Gasteiger partial charge in [-0.05, 0) is 96.8 Å². The van der Waals surface area contributed by atoms with Crippen LogP contribution in [-0.4, -0.2) is 28.5 Å². The highest BCUT2D eigenvalue weighted by molar-refractivity contribution is 14.1. The van der Waals surface area contributed by atoms with Crippen LogP contribution in [-0.2, 0) is 19.2 Å². The van der Waals surface area contributed by atoms with Crippen LogP contribution >= 0.6 is 34.2 Å². The molecule has 1 fully saturated rings. The molecule has 0 saturated carbocycles. The summed E-state index contributed by atoms with van der Waals surface area (Å²) in [6.45, 7) is 1.61. The summed E-state index contributed by atoms with van der Waals surface area (Å²) in [7, 11) is 0. The first-order valence-electron chi connectivity index (χ1n) is 12.0. The lowest BCUT2D eigenvalue weighted by Crippen LogP contribution is -2.39. The van der Waals surface area contributed by atoms with Gasteiger partial charge in [-0.25, -0.2) is 0 Å². The molecule has 186 valence electrons. The number of halogens is 2. The number of hydrogen-bond acceptors (Lipinski definition) is 5. The lowest BCUT2D eigenvalue weighted by atomic mass is 9.59. The van der Waals surface area contributed by atoms with Crippen LogP contribution in [0.5, 0.6) is 5.75 Å². The number of carbonyl (C=O) groups is 4. The number of phenolic OH excluding ortho intramolecular Hbond substituents is 1. The third-order valence-electron chi connectivity index (χ3n) is 7.95. The van der Waals surface area contributed by atoms with Crippen molar-refractivity contribution in [2.24, 2.45) is 17.8 Å². The van der Waals surface area contributed by atoms with Gasteiger partial charge in [0.1, 0.15) is 5.75 Å². The molecule has 0 aromatic heterocycles. The maximum Gasteiger partial charge on any atom is 0.238 e. The van der Waals surface area contributed by atoms with Crippen LogP contribution in [0.15, 0.2) is 76.9 Å². The highest BCUT2D eigenvalue weighted by atomic mass is 127. The van der Waals surface area contributed by atoms with Gasteiger partial charge in [0.15, 0.2) is 11.6 Å². The number of Topliss-reactive ketones (excluding diaryl/α,β-unsaturated/α-hetero) is 1. The van der Waals surface area contributed by atoms with E-state index in [0.717, 1.165) is 9.14 Å². The molecule has 1 aliphatic heterocycles. The summed E-state index contributed by atoms with van der Waals surface area (Å²) in [5.74, 6) is -3.55. The van der Waals surface area contributed by atoms with E-state index in [0.29, 0.717) is 39.4 Å². The van der Waals surface area contributed by atoms with Gasteiger partial charge in [-0.2, -0.15) is 0 Å². The molecular formula is C29H21ClINO5. The van der Waals surface area contributed by atoms with E-state index in [1.54, 1.807) is 31.2 Å². The van der Waals surface area contributed by atoms with Gasteiger partial charge in [-0.15, -0.1) is 0 Å². The van der Waals surface area contributed by atoms with Crippen molar-refractivity contribution in [3.05, 3.63) is 91.1 Å². The molecule has 0 bridgehead atoms. The van der Waals surface area contributed by atoms with Crippen molar-refractivity contribution >= 4 is 63.3 Å². The van der Waals surface area contributed by atoms with E-state index in [2.05, 4.69) is 22.6 Å². The SMILES string of the molecule is CC1=CC(=O)C2=C(C1=O)C(c1cc(Cl)ccc1O)C1=CCC3C(=O)N(c4ccc(I)cc4)C(=O)C3C1C2. The molecule has 4 unspecified atom stereocenters. The second-order valence-corrected chi connectivity index (χ2v) is 11.6. The standard InChI is InChI=1S/C29H21ClINO5/c1-13-10-23(34)21-12-19-17(24(26(21)27(13)35)20-11-14(30)2-9-22(20)33)7-8-18-25(19)29(37)32(28(18)36)16-5-3-15(31)4-6-16/h2-7,9-11,18-19,24-25,33H,8,12H2,1H3. The largest absolute Gasteiger partial charge is 0.508 e. The Morgan fingerprint density at radius 1 is 1.00 bits per heavy atom. The fourth-order valence-corrected chi connectivity index (χ4v) is 6.86. The van der Waals surface area contributed by atoms with Crippen molar-refractivity contribution in [1.29, 1.82) is 0 Å². The number of imide groups is 1. The summed E-state index contributed by atoms with van der Waals surface area (Å²) in [6.07, 6.45) is 3.78. The molecule has 2 amide bonds. The van der Waals surface area contributed by atoms with E-state index < -0.39 is 23.7 Å². The number of rotatable bonds is 2. The summed E-state index contributed by atoms with van der Waals surface area (Å²) >= 11 is 8.46. The Kier molecular flexibility index (Phi) is 5.76. The van der Waals surface area contributed by atoms with Gasteiger partial charge in [0.05, 0.1) is 17.5 Å². The lowest BCUT2D eigenvalue weighted by molar-refractivity contribution is -0.123. The van der Waals surface area contributed by atoms with Crippen LogP contribution in [0, 0.1) is 21.3 Å². The molecule has 6 rings (SSSR count). The number of aromatic hydroxyl groups is 1. The smallest absolute Gasteiger partial charge is 0.238 e. The molecular weight excluding hydrogens is 605 g/mol. The molecule has 1 saturated heterocycles. The average molecular weight is 626 g/mol. The minimum absolute atomic E-state index is 0.0493. The molecule has 2 aromatic carbocycles. The first kappa shape index (κ1) is 24.3. The summed E-state index contributed by atoms with van der Waals surface area (Å²) in [5.41, 5.74) is 2.72. The summed E-state index contributed by atoms with van der Waals surface area (Å²) in [5, 5.41) is 11.2. The van der Waals surface area contributed by atoms with Gasteiger partial charge in [-0.3, -0.25) is 24.1 Å². The Bertz CT molecular complexity index is 1520. The number of nitrogens with zero attached hydrogens (tertiary/aromatic N) is 1. The highest BCUT2D eigenvalue weighted by Gasteiger charge is 2.56. The summed E-state index contributed by atoms with van der Waals surface area (Å²) in [6, 6.07) is 11.8. The predicted molar refractivity (Wildman–Crippen MR) is 146 cm³/mol. The van der Waals surface area contributed by atoms with Gasteiger partial charge in [-0.1, -0.05) is 23.3 Å². The number of carbonyl (C=O) groups excluding carboxylic acids is 4. The zero-order valence-electron chi connectivity index (χ0n) is 19.7. The van der Waals surface area contributed by atoms with Gasteiger partial charge in [0.2, 0.25) is 11.8 Å². The lowest BCUT2D eigenvalue weighted by Gasteiger charge is -2.42. The van der Waals surface area contributed by atoms with Gasteiger partial charge < -0.3 is 5.11 Å². The predicted octanol–water partition coefficient (Wildman–Crippen LogP) is 5.28. The fourth-order valence-electron chi connectivity index (χ4n) is 6.32. The second-order valence-electron chi connectivity index (χ2n) is 9.92. The van der Waals surface area contributed by atoms with Crippen molar-refractivity contribution in [1.82, 2.24) is 0 Å². The van der Waals surface area contributed by atoms with E-state index >= 15 is 0 Å². The number of allylic oxidation sites excluding steroid dienone is 6. The van der Waals surface area contributed by atoms with Crippen LogP contribution in [0.25, 0.3) is 0 Å². The maximum atomic E-state index is 13.8. The Morgan fingerprint density at radius 2 is 1.73 bits per heavy atom. The molecule has 3 aliphatic carbocycles. The van der Waals surface area contributed by atoms with Crippen LogP contribution in [0.3, 0.4) is 0 Å². The first-order chi connectivity index (χ1) is 17.7. The number of anilines is 1. The molecule has 6 nitrogen and oxygen atoms in total. The van der Waals surface area contributed by atoms with Crippen molar-refractivity contribution in [3.63, 3.8) is 0 Å². The van der Waals surface area contributed by atoms with E-state index in [9.17, 15) is 24.3 Å². The Hall–Kier alpha value is -3.04. The summed E-state index contributed by atoms with van der Waals surface area (Å²) in [4.78, 5) is 55.2. The number of phenols is 1. The number of ketones is 2. The Balaban J connectivity index is 1.50. The van der Waals surface area contributed by atoms with Crippen molar-refractivity contribution < 1.29 is 24.3 Å². The van der Waals surface area contributed by atoms with Crippen LogP contribution < -0.4 is 4.90 Å². The third kappa shape index (κ3) is 3.66. The van der Waals surface area contributed by atoms with Gasteiger partial charge in [0, 0.05) is 36.8 Å².